The third-order valence-corrected chi connectivity index (χ3v) is 2.39. The maximum atomic E-state index is 12.8. The fourth-order valence-corrected chi connectivity index (χ4v) is 1.29. The van der Waals surface area contributed by atoms with Crippen LogP contribution in [0.2, 0.25) is 0 Å². The lowest BCUT2D eigenvalue weighted by atomic mass is 9.98. The van der Waals surface area contributed by atoms with Gasteiger partial charge in [0, 0.05) is 6.07 Å². The van der Waals surface area contributed by atoms with E-state index in [-0.39, 0.29) is 5.82 Å². The summed E-state index contributed by atoms with van der Waals surface area (Å²) in [5.41, 5.74) is 4.30. The van der Waals surface area contributed by atoms with Gasteiger partial charge in [-0.3, -0.25) is 4.79 Å². The fourth-order valence-electron chi connectivity index (χ4n) is 1.29. The number of carboxylic acid groups (broad SMARTS) is 1. The van der Waals surface area contributed by atoms with Crippen molar-refractivity contribution in [1.82, 2.24) is 0 Å². The molecule has 0 saturated carbocycles. The molecule has 0 aliphatic heterocycles. The molecule has 0 aliphatic rings. The summed E-state index contributed by atoms with van der Waals surface area (Å²) in [7, 11) is 0. The van der Waals surface area contributed by atoms with Crippen molar-refractivity contribution in [1.29, 1.82) is 0 Å². The van der Waals surface area contributed by atoms with Crippen molar-refractivity contribution < 1.29 is 19.0 Å². The molecule has 3 N–H and O–H groups in total. The topological polar surface area (TPSA) is 72.5 Å². The predicted molar refractivity (Wildman–Crippen MR) is 61.4 cm³/mol. The van der Waals surface area contributed by atoms with Crippen LogP contribution in [0.4, 0.5) is 4.39 Å². The molecule has 0 aromatic heterocycles. The molecular weight excluding hydrogens is 225 g/mol. The van der Waals surface area contributed by atoms with Crippen LogP contribution in [-0.2, 0) is 4.79 Å². The first-order valence-corrected chi connectivity index (χ1v) is 5.32. The second-order valence-electron chi connectivity index (χ2n) is 4.13. The summed E-state index contributed by atoms with van der Waals surface area (Å²) in [4.78, 5) is 10.7. The van der Waals surface area contributed by atoms with E-state index in [9.17, 15) is 9.18 Å². The second-order valence-corrected chi connectivity index (χ2v) is 4.13. The van der Waals surface area contributed by atoms with E-state index in [2.05, 4.69) is 0 Å². The molecule has 0 fully saturated rings. The number of nitrogens with two attached hydrogens (primary N) is 1. The Bertz CT molecular complexity index is 393. The number of aliphatic carboxylic acids is 1. The average molecular weight is 241 g/mol. The number of carbonyl (C=O) groups is 1. The molecule has 0 aliphatic carbocycles. The Kier molecular flexibility index (Phi) is 4.45. The van der Waals surface area contributed by atoms with Gasteiger partial charge in [0.25, 0.3) is 0 Å². The summed E-state index contributed by atoms with van der Waals surface area (Å²) in [5, 5.41) is 8.78. The summed E-state index contributed by atoms with van der Waals surface area (Å²) in [6.45, 7) is 1.76. The van der Waals surface area contributed by atoms with Gasteiger partial charge in [-0.05, 0) is 31.9 Å². The quantitative estimate of drug-likeness (QED) is 0.745. The van der Waals surface area contributed by atoms with Gasteiger partial charge in [0.15, 0.2) is 0 Å². The third-order valence-electron chi connectivity index (χ3n) is 2.39. The van der Waals surface area contributed by atoms with Crippen LogP contribution in [0.5, 0.6) is 5.75 Å². The van der Waals surface area contributed by atoms with Gasteiger partial charge < -0.3 is 15.6 Å². The smallest absolute Gasteiger partial charge is 0.323 e. The molecule has 0 bridgehead atoms. The van der Waals surface area contributed by atoms with E-state index in [1.54, 1.807) is 12.1 Å². The van der Waals surface area contributed by atoms with Crippen molar-refractivity contribution in [3.05, 3.63) is 30.1 Å². The van der Waals surface area contributed by atoms with Crippen LogP contribution in [0.3, 0.4) is 0 Å². The Balaban J connectivity index is 2.32. The maximum Gasteiger partial charge on any atom is 0.323 e. The van der Waals surface area contributed by atoms with Crippen LogP contribution in [0.15, 0.2) is 24.3 Å². The van der Waals surface area contributed by atoms with Gasteiger partial charge in [0.1, 0.15) is 17.1 Å². The molecule has 1 atom stereocenters. The highest BCUT2D eigenvalue weighted by atomic mass is 19.1. The monoisotopic (exact) mass is 241 g/mol. The minimum Gasteiger partial charge on any atom is -0.493 e. The standard InChI is InChI=1S/C12H16FNO3/c1-12(14,11(15)16)6-3-7-17-10-5-2-4-9(13)8-10/h2,4-5,8H,3,6-7,14H2,1H3,(H,15,16). The highest BCUT2D eigenvalue weighted by molar-refractivity contribution is 5.77. The fraction of sp³-hybridized carbons (Fsp3) is 0.417. The minimum absolute atomic E-state index is 0.303. The second kappa shape index (κ2) is 5.63. The maximum absolute atomic E-state index is 12.8. The van der Waals surface area contributed by atoms with Gasteiger partial charge in [0.2, 0.25) is 0 Å². The molecule has 1 unspecified atom stereocenters. The van der Waals surface area contributed by atoms with E-state index < -0.39 is 11.5 Å². The third kappa shape index (κ3) is 4.40. The van der Waals surface area contributed by atoms with Crippen molar-refractivity contribution in [2.24, 2.45) is 5.73 Å². The Hall–Kier alpha value is -1.62. The van der Waals surface area contributed by atoms with Crippen molar-refractivity contribution >= 4 is 5.97 Å². The van der Waals surface area contributed by atoms with Crippen molar-refractivity contribution in [3.63, 3.8) is 0 Å². The molecule has 1 aromatic carbocycles. The Morgan fingerprint density at radius 1 is 1.59 bits per heavy atom. The predicted octanol–water partition coefficient (Wildman–Crippen LogP) is 1.79. The summed E-state index contributed by atoms with van der Waals surface area (Å²) >= 11 is 0. The molecule has 1 aromatic rings. The minimum atomic E-state index is -1.24. The largest absolute Gasteiger partial charge is 0.493 e. The Labute approximate surface area is 99.2 Å². The van der Waals surface area contributed by atoms with Crippen LogP contribution in [0, 0.1) is 5.82 Å². The van der Waals surface area contributed by atoms with E-state index in [1.807, 2.05) is 0 Å². The van der Waals surface area contributed by atoms with E-state index in [4.69, 9.17) is 15.6 Å². The Morgan fingerprint density at radius 3 is 2.88 bits per heavy atom. The number of hydrogen-bond acceptors (Lipinski definition) is 3. The molecule has 1 rings (SSSR count). The summed E-state index contributed by atoms with van der Waals surface area (Å²) in [5.74, 6) is -0.973. The zero-order chi connectivity index (χ0) is 12.9. The SMILES string of the molecule is CC(N)(CCCOc1cccc(F)c1)C(=O)O. The molecule has 5 heteroatoms. The van der Waals surface area contributed by atoms with Crippen molar-refractivity contribution in [3.8, 4) is 5.75 Å². The van der Waals surface area contributed by atoms with Gasteiger partial charge in [-0.1, -0.05) is 6.07 Å². The van der Waals surface area contributed by atoms with Gasteiger partial charge in [-0.2, -0.15) is 0 Å². The summed E-state index contributed by atoms with van der Waals surface area (Å²) < 4.78 is 18.1. The lowest BCUT2D eigenvalue weighted by molar-refractivity contribution is -0.142. The average Bonchev–Trinajstić information content (AvgIpc) is 2.24. The van der Waals surface area contributed by atoms with E-state index >= 15 is 0 Å². The van der Waals surface area contributed by atoms with E-state index in [0.29, 0.717) is 25.2 Å². The van der Waals surface area contributed by atoms with Crippen LogP contribution >= 0.6 is 0 Å². The molecular formula is C12H16FNO3. The van der Waals surface area contributed by atoms with Gasteiger partial charge in [0.05, 0.1) is 6.61 Å². The van der Waals surface area contributed by atoms with E-state index in [0.717, 1.165) is 0 Å². The first-order valence-electron chi connectivity index (χ1n) is 5.32. The van der Waals surface area contributed by atoms with Crippen LogP contribution in [0.1, 0.15) is 19.8 Å². The zero-order valence-electron chi connectivity index (χ0n) is 9.65. The number of ether oxygens (including phenoxy) is 1. The van der Waals surface area contributed by atoms with Crippen LogP contribution in [0.25, 0.3) is 0 Å². The van der Waals surface area contributed by atoms with Gasteiger partial charge in [-0.25, -0.2) is 4.39 Å². The molecule has 0 amide bonds. The first kappa shape index (κ1) is 13.4. The van der Waals surface area contributed by atoms with Crippen LogP contribution < -0.4 is 10.5 Å². The number of hydrogen-bond donors (Lipinski definition) is 2. The first-order chi connectivity index (χ1) is 7.92. The normalized spacial score (nSPS) is 14.1. The molecule has 0 saturated heterocycles. The summed E-state index contributed by atoms with van der Waals surface area (Å²) in [6, 6.07) is 5.80. The molecule has 17 heavy (non-hydrogen) atoms. The molecule has 0 heterocycles. The summed E-state index contributed by atoms with van der Waals surface area (Å²) in [6.07, 6.45) is 0.799. The number of halogens is 1. The Morgan fingerprint density at radius 2 is 2.29 bits per heavy atom. The molecule has 94 valence electrons. The number of rotatable bonds is 6. The zero-order valence-corrected chi connectivity index (χ0v) is 9.65. The molecule has 0 radical (unpaired) electrons. The lowest BCUT2D eigenvalue weighted by Crippen LogP contribution is -2.44. The highest BCUT2D eigenvalue weighted by Gasteiger charge is 2.26. The van der Waals surface area contributed by atoms with Gasteiger partial charge >= 0.3 is 5.97 Å². The number of benzene rings is 1. The van der Waals surface area contributed by atoms with Crippen molar-refractivity contribution in [2.45, 2.75) is 25.3 Å². The molecule has 0 spiro atoms. The highest BCUT2D eigenvalue weighted by Crippen LogP contribution is 2.14. The molecule has 4 nitrogen and oxygen atoms in total. The van der Waals surface area contributed by atoms with E-state index in [1.165, 1.54) is 19.1 Å². The van der Waals surface area contributed by atoms with Crippen molar-refractivity contribution in [2.75, 3.05) is 6.61 Å². The number of carboxylic acids is 1. The van der Waals surface area contributed by atoms with Gasteiger partial charge in [-0.15, -0.1) is 0 Å². The van der Waals surface area contributed by atoms with Crippen LogP contribution in [-0.4, -0.2) is 23.2 Å². The lowest BCUT2D eigenvalue weighted by Gasteiger charge is -2.18.